The molecule has 14 heavy (non-hydrogen) atoms. The lowest BCUT2D eigenvalue weighted by Gasteiger charge is -2.17. The molecule has 0 bridgehead atoms. The van der Waals surface area contributed by atoms with Gasteiger partial charge in [0.1, 0.15) is 5.82 Å². The Labute approximate surface area is 82.5 Å². The van der Waals surface area contributed by atoms with Gasteiger partial charge in [0.25, 0.3) is 0 Å². The molecule has 1 aliphatic carbocycles. The average molecular weight is 187 g/mol. The predicted octanol–water partition coefficient (Wildman–Crippen LogP) is 3.07. The summed E-state index contributed by atoms with van der Waals surface area (Å²) in [6.07, 6.45) is 4.44. The standard InChI is InChI=1S/C12H10FN/c13-11-5-4-9-2-1-3-10(6-7-14)12(9)8-11/h4-6,8H,1-3H2/b10-6-. The molecule has 70 valence electrons. The lowest BCUT2D eigenvalue weighted by Crippen LogP contribution is -2.02. The Morgan fingerprint density at radius 1 is 1.36 bits per heavy atom. The summed E-state index contributed by atoms with van der Waals surface area (Å²) >= 11 is 0. The van der Waals surface area contributed by atoms with E-state index < -0.39 is 0 Å². The van der Waals surface area contributed by atoms with Crippen LogP contribution in [-0.4, -0.2) is 0 Å². The SMILES string of the molecule is N#C/C=C1/CCCc2ccc(F)cc21. The molecule has 0 saturated heterocycles. The topological polar surface area (TPSA) is 23.8 Å². The van der Waals surface area contributed by atoms with Crippen LogP contribution in [0.25, 0.3) is 5.57 Å². The number of nitriles is 1. The molecule has 1 aliphatic rings. The van der Waals surface area contributed by atoms with Crippen LogP contribution < -0.4 is 0 Å². The molecule has 0 aromatic heterocycles. The summed E-state index contributed by atoms with van der Waals surface area (Å²) < 4.78 is 13.0. The van der Waals surface area contributed by atoms with Crippen molar-refractivity contribution < 1.29 is 4.39 Å². The van der Waals surface area contributed by atoms with Crippen LogP contribution >= 0.6 is 0 Å². The summed E-state index contributed by atoms with van der Waals surface area (Å²) in [6, 6.07) is 6.83. The number of fused-ring (bicyclic) bond motifs is 1. The predicted molar refractivity (Wildman–Crippen MR) is 52.9 cm³/mol. The first-order valence-electron chi connectivity index (χ1n) is 4.69. The molecular weight excluding hydrogens is 177 g/mol. The Balaban J connectivity index is 2.53. The third-order valence-corrected chi connectivity index (χ3v) is 2.55. The highest BCUT2D eigenvalue weighted by Crippen LogP contribution is 2.30. The minimum Gasteiger partial charge on any atom is -0.207 e. The quantitative estimate of drug-likeness (QED) is 0.572. The zero-order chi connectivity index (χ0) is 9.97. The number of halogens is 1. The number of benzene rings is 1. The second-order valence-corrected chi connectivity index (χ2v) is 3.45. The molecule has 2 rings (SSSR count). The Morgan fingerprint density at radius 2 is 2.21 bits per heavy atom. The van der Waals surface area contributed by atoms with Gasteiger partial charge in [0.15, 0.2) is 0 Å². The van der Waals surface area contributed by atoms with Gasteiger partial charge in [-0.2, -0.15) is 5.26 Å². The van der Waals surface area contributed by atoms with E-state index in [-0.39, 0.29) is 5.82 Å². The van der Waals surface area contributed by atoms with Crippen LogP contribution in [0.4, 0.5) is 4.39 Å². The van der Waals surface area contributed by atoms with Crippen LogP contribution in [0.3, 0.4) is 0 Å². The third-order valence-electron chi connectivity index (χ3n) is 2.55. The normalized spacial score (nSPS) is 17.6. The van der Waals surface area contributed by atoms with Crippen molar-refractivity contribution in [1.29, 1.82) is 5.26 Å². The molecule has 0 amide bonds. The zero-order valence-electron chi connectivity index (χ0n) is 7.76. The molecule has 0 unspecified atom stereocenters. The van der Waals surface area contributed by atoms with Crippen molar-refractivity contribution in [1.82, 2.24) is 0 Å². The summed E-state index contributed by atoms with van der Waals surface area (Å²) in [7, 11) is 0. The van der Waals surface area contributed by atoms with Gasteiger partial charge in [-0.25, -0.2) is 4.39 Å². The Bertz CT molecular complexity index is 426. The minimum atomic E-state index is -0.227. The molecule has 0 atom stereocenters. The number of allylic oxidation sites excluding steroid dienone is 2. The highest BCUT2D eigenvalue weighted by atomic mass is 19.1. The third kappa shape index (κ3) is 1.54. The van der Waals surface area contributed by atoms with Crippen LogP contribution in [-0.2, 0) is 6.42 Å². The van der Waals surface area contributed by atoms with E-state index >= 15 is 0 Å². The fourth-order valence-electron chi connectivity index (χ4n) is 1.90. The molecule has 0 radical (unpaired) electrons. The molecule has 1 aromatic rings. The van der Waals surface area contributed by atoms with Crippen molar-refractivity contribution in [2.45, 2.75) is 19.3 Å². The van der Waals surface area contributed by atoms with Gasteiger partial charge in [-0.1, -0.05) is 6.07 Å². The molecule has 0 saturated carbocycles. The van der Waals surface area contributed by atoms with Crippen LogP contribution in [0, 0.1) is 17.1 Å². The fraction of sp³-hybridized carbons (Fsp3) is 0.250. The second kappa shape index (κ2) is 3.63. The van der Waals surface area contributed by atoms with Gasteiger partial charge in [0, 0.05) is 6.08 Å². The van der Waals surface area contributed by atoms with Gasteiger partial charge >= 0.3 is 0 Å². The summed E-state index contributed by atoms with van der Waals surface area (Å²) in [6.45, 7) is 0. The molecular formula is C12H10FN. The van der Waals surface area contributed by atoms with Crippen LogP contribution in [0.1, 0.15) is 24.0 Å². The number of hydrogen-bond donors (Lipinski definition) is 0. The van der Waals surface area contributed by atoms with E-state index in [0.29, 0.717) is 0 Å². The number of nitrogens with zero attached hydrogens (tertiary/aromatic N) is 1. The molecule has 2 heteroatoms. The summed E-state index contributed by atoms with van der Waals surface area (Å²) in [4.78, 5) is 0. The summed E-state index contributed by atoms with van der Waals surface area (Å²) in [5.74, 6) is -0.227. The molecule has 0 N–H and O–H groups in total. The molecule has 0 spiro atoms. The Morgan fingerprint density at radius 3 is 3.00 bits per heavy atom. The number of rotatable bonds is 0. The molecule has 0 fully saturated rings. The highest BCUT2D eigenvalue weighted by Gasteiger charge is 2.14. The van der Waals surface area contributed by atoms with E-state index in [0.717, 1.165) is 36.0 Å². The Hall–Kier alpha value is -1.62. The van der Waals surface area contributed by atoms with Crippen molar-refractivity contribution in [2.24, 2.45) is 0 Å². The summed E-state index contributed by atoms with van der Waals surface area (Å²) in [5, 5.41) is 8.59. The maximum atomic E-state index is 13.0. The van der Waals surface area contributed by atoms with E-state index in [9.17, 15) is 4.39 Å². The van der Waals surface area contributed by atoms with Crippen molar-refractivity contribution in [3.05, 3.63) is 41.2 Å². The lowest BCUT2D eigenvalue weighted by atomic mass is 9.87. The monoisotopic (exact) mass is 187 g/mol. The second-order valence-electron chi connectivity index (χ2n) is 3.45. The van der Waals surface area contributed by atoms with E-state index in [1.165, 1.54) is 18.2 Å². The van der Waals surface area contributed by atoms with Gasteiger partial charge in [-0.05, 0) is 48.1 Å². The van der Waals surface area contributed by atoms with Crippen LogP contribution in [0.5, 0.6) is 0 Å². The van der Waals surface area contributed by atoms with Gasteiger partial charge in [0.05, 0.1) is 6.07 Å². The summed E-state index contributed by atoms with van der Waals surface area (Å²) in [5.41, 5.74) is 3.03. The van der Waals surface area contributed by atoms with Gasteiger partial charge in [0.2, 0.25) is 0 Å². The van der Waals surface area contributed by atoms with Gasteiger partial charge in [-0.3, -0.25) is 0 Å². The highest BCUT2D eigenvalue weighted by molar-refractivity contribution is 5.71. The number of aryl methyl sites for hydroxylation is 1. The first kappa shape index (κ1) is 8.96. The van der Waals surface area contributed by atoms with E-state index in [4.69, 9.17) is 5.26 Å². The lowest BCUT2D eigenvalue weighted by molar-refractivity contribution is 0.625. The van der Waals surface area contributed by atoms with E-state index in [2.05, 4.69) is 0 Å². The number of hydrogen-bond acceptors (Lipinski definition) is 1. The van der Waals surface area contributed by atoms with Crippen molar-refractivity contribution in [3.63, 3.8) is 0 Å². The molecule has 1 aromatic carbocycles. The average Bonchev–Trinajstić information content (AvgIpc) is 2.19. The van der Waals surface area contributed by atoms with Crippen LogP contribution in [0.2, 0.25) is 0 Å². The first-order valence-corrected chi connectivity index (χ1v) is 4.69. The molecule has 0 heterocycles. The van der Waals surface area contributed by atoms with Crippen LogP contribution in [0.15, 0.2) is 24.3 Å². The van der Waals surface area contributed by atoms with Gasteiger partial charge in [-0.15, -0.1) is 0 Å². The van der Waals surface area contributed by atoms with Crippen molar-refractivity contribution in [2.75, 3.05) is 0 Å². The first-order chi connectivity index (χ1) is 6.81. The van der Waals surface area contributed by atoms with E-state index in [1.54, 1.807) is 0 Å². The maximum Gasteiger partial charge on any atom is 0.123 e. The molecule has 1 nitrogen and oxygen atoms in total. The van der Waals surface area contributed by atoms with E-state index in [1.807, 2.05) is 12.1 Å². The zero-order valence-corrected chi connectivity index (χ0v) is 7.76. The maximum absolute atomic E-state index is 13.0. The largest absolute Gasteiger partial charge is 0.207 e. The van der Waals surface area contributed by atoms with Gasteiger partial charge < -0.3 is 0 Å². The fourth-order valence-corrected chi connectivity index (χ4v) is 1.90. The molecule has 0 aliphatic heterocycles. The minimum absolute atomic E-state index is 0.227. The Kier molecular flexibility index (Phi) is 2.32. The smallest absolute Gasteiger partial charge is 0.123 e. The van der Waals surface area contributed by atoms with Crippen molar-refractivity contribution in [3.8, 4) is 6.07 Å². The van der Waals surface area contributed by atoms with Crippen molar-refractivity contribution >= 4 is 5.57 Å².